The summed E-state index contributed by atoms with van der Waals surface area (Å²) >= 11 is 7.30. The van der Waals surface area contributed by atoms with E-state index in [1.165, 1.54) is 32.1 Å². The van der Waals surface area contributed by atoms with E-state index in [1.54, 1.807) is 0 Å². The molecule has 0 saturated heterocycles. The highest BCUT2D eigenvalue weighted by Crippen LogP contribution is 2.31. The maximum Gasteiger partial charge on any atom is 0.120 e. The number of halogens is 2. The minimum atomic E-state index is 0.686. The molecule has 1 aliphatic rings. The lowest BCUT2D eigenvalue weighted by atomic mass is 9.97. The molecule has 1 nitrogen and oxygen atoms in total. The fourth-order valence-corrected chi connectivity index (χ4v) is 3.78. The van der Waals surface area contributed by atoms with Crippen LogP contribution in [0.2, 0.25) is 0 Å². The molecular weight excluding hydrogens is 356 g/mol. The minimum Gasteiger partial charge on any atom is -0.494 e. The van der Waals surface area contributed by atoms with Gasteiger partial charge in [-0.3, -0.25) is 0 Å². The van der Waals surface area contributed by atoms with Gasteiger partial charge in [0.15, 0.2) is 0 Å². The molecule has 1 fully saturated rings. The molecule has 1 aliphatic carbocycles. The number of benzene rings is 1. The Morgan fingerprint density at radius 1 is 1.17 bits per heavy atom. The van der Waals surface area contributed by atoms with Gasteiger partial charge < -0.3 is 4.74 Å². The minimum absolute atomic E-state index is 0.686. The first-order valence-electron chi connectivity index (χ1n) is 6.78. The maximum absolute atomic E-state index is 5.83. The van der Waals surface area contributed by atoms with E-state index < -0.39 is 0 Å². The Balaban J connectivity index is 1.77. The zero-order valence-electron chi connectivity index (χ0n) is 10.6. The SMILES string of the molecule is Brc1cccc(OCCC2CCCCCC2Br)c1. The topological polar surface area (TPSA) is 9.23 Å². The number of hydrogen-bond acceptors (Lipinski definition) is 1. The summed E-state index contributed by atoms with van der Waals surface area (Å²) in [5.41, 5.74) is 0. The van der Waals surface area contributed by atoms with Crippen LogP contribution in [0.4, 0.5) is 0 Å². The van der Waals surface area contributed by atoms with Crippen molar-refractivity contribution >= 4 is 31.9 Å². The zero-order valence-corrected chi connectivity index (χ0v) is 13.8. The van der Waals surface area contributed by atoms with Gasteiger partial charge in [0.1, 0.15) is 5.75 Å². The van der Waals surface area contributed by atoms with Crippen molar-refractivity contribution in [3.63, 3.8) is 0 Å². The van der Waals surface area contributed by atoms with Crippen LogP contribution in [0.25, 0.3) is 0 Å². The first-order chi connectivity index (χ1) is 8.75. The molecule has 1 aromatic carbocycles. The zero-order chi connectivity index (χ0) is 12.8. The van der Waals surface area contributed by atoms with Crippen LogP contribution >= 0.6 is 31.9 Å². The Bertz CT molecular complexity index is 367. The van der Waals surface area contributed by atoms with Gasteiger partial charge in [-0.1, -0.05) is 57.2 Å². The summed E-state index contributed by atoms with van der Waals surface area (Å²) in [4.78, 5) is 0.686. The predicted octanol–water partition coefficient (Wildman–Crippen LogP) is 5.56. The van der Waals surface area contributed by atoms with Crippen molar-refractivity contribution in [1.82, 2.24) is 0 Å². The molecule has 0 bridgehead atoms. The van der Waals surface area contributed by atoms with E-state index in [1.807, 2.05) is 24.3 Å². The van der Waals surface area contributed by atoms with Gasteiger partial charge in [-0.15, -0.1) is 0 Å². The second kappa shape index (κ2) is 7.54. The molecule has 0 N–H and O–H groups in total. The maximum atomic E-state index is 5.83. The van der Waals surface area contributed by atoms with Gasteiger partial charge in [0.05, 0.1) is 6.61 Å². The lowest BCUT2D eigenvalue weighted by Crippen LogP contribution is -2.16. The van der Waals surface area contributed by atoms with Crippen molar-refractivity contribution in [2.45, 2.75) is 43.4 Å². The molecule has 2 unspecified atom stereocenters. The van der Waals surface area contributed by atoms with E-state index in [2.05, 4.69) is 31.9 Å². The monoisotopic (exact) mass is 374 g/mol. The molecule has 0 spiro atoms. The van der Waals surface area contributed by atoms with Crippen LogP contribution in [0, 0.1) is 5.92 Å². The van der Waals surface area contributed by atoms with Gasteiger partial charge in [0.2, 0.25) is 0 Å². The number of alkyl halides is 1. The van der Waals surface area contributed by atoms with Crippen molar-refractivity contribution in [2.24, 2.45) is 5.92 Å². The van der Waals surface area contributed by atoms with Gasteiger partial charge in [-0.2, -0.15) is 0 Å². The summed E-state index contributed by atoms with van der Waals surface area (Å²) < 4.78 is 6.90. The Labute approximate surface area is 127 Å². The first kappa shape index (κ1) is 14.4. The second-order valence-corrected chi connectivity index (χ2v) is 7.10. The van der Waals surface area contributed by atoms with E-state index in [4.69, 9.17) is 4.74 Å². The Morgan fingerprint density at radius 3 is 2.83 bits per heavy atom. The lowest BCUT2D eigenvalue weighted by Gasteiger charge is -2.19. The number of rotatable bonds is 4. The molecule has 0 aliphatic heterocycles. The molecule has 3 heteroatoms. The second-order valence-electron chi connectivity index (χ2n) is 5.01. The highest BCUT2D eigenvalue weighted by atomic mass is 79.9. The van der Waals surface area contributed by atoms with Crippen molar-refractivity contribution in [1.29, 1.82) is 0 Å². The molecular formula is C15H20Br2O. The van der Waals surface area contributed by atoms with Gasteiger partial charge >= 0.3 is 0 Å². The summed E-state index contributed by atoms with van der Waals surface area (Å²) in [5.74, 6) is 1.74. The molecule has 0 heterocycles. The molecule has 0 amide bonds. The van der Waals surface area contributed by atoms with E-state index in [9.17, 15) is 0 Å². The fraction of sp³-hybridized carbons (Fsp3) is 0.600. The van der Waals surface area contributed by atoms with E-state index >= 15 is 0 Å². The fourth-order valence-electron chi connectivity index (χ4n) is 2.55. The van der Waals surface area contributed by atoms with Crippen LogP contribution in [-0.4, -0.2) is 11.4 Å². The number of hydrogen-bond donors (Lipinski definition) is 0. The molecule has 18 heavy (non-hydrogen) atoms. The van der Waals surface area contributed by atoms with Crippen LogP contribution < -0.4 is 4.74 Å². The summed E-state index contributed by atoms with van der Waals surface area (Å²) in [7, 11) is 0. The van der Waals surface area contributed by atoms with Gasteiger partial charge in [0.25, 0.3) is 0 Å². The number of ether oxygens (including phenoxy) is 1. The largest absolute Gasteiger partial charge is 0.494 e. The first-order valence-corrected chi connectivity index (χ1v) is 8.49. The summed E-state index contributed by atoms with van der Waals surface area (Å²) in [5, 5.41) is 0. The lowest BCUT2D eigenvalue weighted by molar-refractivity contribution is 0.270. The van der Waals surface area contributed by atoms with Crippen LogP contribution in [0.5, 0.6) is 5.75 Å². The summed E-state index contributed by atoms with van der Waals surface area (Å²) in [6.45, 7) is 0.823. The molecule has 1 aromatic rings. The molecule has 100 valence electrons. The molecule has 1 saturated carbocycles. The summed E-state index contributed by atoms with van der Waals surface area (Å²) in [6.07, 6.45) is 7.97. The van der Waals surface area contributed by atoms with Crippen molar-refractivity contribution in [2.75, 3.05) is 6.61 Å². The Kier molecular flexibility index (Phi) is 6.03. The van der Waals surface area contributed by atoms with E-state index in [0.29, 0.717) is 4.83 Å². The molecule has 2 rings (SSSR count). The third-order valence-electron chi connectivity index (χ3n) is 3.62. The van der Waals surface area contributed by atoms with Gasteiger partial charge in [0, 0.05) is 9.30 Å². The van der Waals surface area contributed by atoms with Gasteiger partial charge in [-0.25, -0.2) is 0 Å². The Morgan fingerprint density at radius 2 is 2.00 bits per heavy atom. The normalized spacial score (nSPS) is 24.6. The molecule has 0 radical (unpaired) electrons. The van der Waals surface area contributed by atoms with Crippen LogP contribution in [0.15, 0.2) is 28.7 Å². The standard InChI is InChI=1S/C15H20Br2O/c16-13-6-4-7-14(11-13)18-10-9-12-5-2-1-3-8-15(12)17/h4,6-7,11-12,15H,1-3,5,8-10H2. The quantitative estimate of drug-likeness (QED) is 0.494. The van der Waals surface area contributed by atoms with Crippen molar-refractivity contribution < 1.29 is 4.74 Å². The van der Waals surface area contributed by atoms with Crippen LogP contribution in [0.1, 0.15) is 38.5 Å². The highest BCUT2D eigenvalue weighted by Gasteiger charge is 2.20. The smallest absolute Gasteiger partial charge is 0.120 e. The van der Waals surface area contributed by atoms with Crippen molar-refractivity contribution in [3.05, 3.63) is 28.7 Å². The molecule has 2 atom stereocenters. The average molecular weight is 376 g/mol. The highest BCUT2D eigenvalue weighted by molar-refractivity contribution is 9.10. The van der Waals surface area contributed by atoms with Crippen LogP contribution in [0.3, 0.4) is 0 Å². The molecule has 0 aromatic heterocycles. The van der Waals surface area contributed by atoms with E-state index in [0.717, 1.165) is 29.2 Å². The third kappa shape index (κ3) is 4.58. The van der Waals surface area contributed by atoms with Gasteiger partial charge in [-0.05, 0) is 43.4 Å². The average Bonchev–Trinajstić information content (AvgIpc) is 2.55. The Hall–Kier alpha value is -0.0200. The third-order valence-corrected chi connectivity index (χ3v) is 5.32. The van der Waals surface area contributed by atoms with Crippen LogP contribution in [-0.2, 0) is 0 Å². The van der Waals surface area contributed by atoms with Crippen molar-refractivity contribution in [3.8, 4) is 5.75 Å². The predicted molar refractivity (Wildman–Crippen MR) is 83.5 cm³/mol. The summed E-state index contributed by atoms with van der Waals surface area (Å²) in [6, 6.07) is 8.08. The van der Waals surface area contributed by atoms with E-state index in [-0.39, 0.29) is 0 Å².